The molecule has 0 aromatic carbocycles. The zero-order valence-electron chi connectivity index (χ0n) is 29.4. The van der Waals surface area contributed by atoms with Gasteiger partial charge in [0.05, 0.1) is 6.04 Å². The molecule has 5 atom stereocenters. The summed E-state index contributed by atoms with van der Waals surface area (Å²) in [5.74, 6) is -3.11. The van der Waals surface area contributed by atoms with E-state index in [4.69, 9.17) is 0 Å². The van der Waals surface area contributed by atoms with E-state index in [9.17, 15) is 33.6 Å². The van der Waals surface area contributed by atoms with Crippen LogP contribution in [0, 0.1) is 22.7 Å². The lowest BCUT2D eigenvalue weighted by Crippen LogP contribution is -2.61. The monoisotopic (exact) mass is 670 g/mol. The lowest BCUT2D eigenvalue weighted by Gasteiger charge is -2.35. The first-order chi connectivity index (χ1) is 22.4. The number of hydrogen-bond acceptors (Lipinski definition) is 7. The molecule has 1 aromatic heterocycles. The Balaban J connectivity index is 1.61. The molecule has 6 N–H and O–H groups in total. The highest BCUT2D eigenvalue weighted by Crippen LogP contribution is 2.34. The lowest BCUT2D eigenvalue weighted by molar-refractivity contribution is -0.140. The van der Waals surface area contributed by atoms with E-state index in [2.05, 4.69) is 31.6 Å². The van der Waals surface area contributed by atoms with Crippen LogP contribution in [0.2, 0.25) is 0 Å². The van der Waals surface area contributed by atoms with Crippen molar-refractivity contribution in [2.75, 3.05) is 6.54 Å². The normalized spacial score (nSPS) is 19.7. The highest BCUT2D eigenvalue weighted by molar-refractivity contribution is 6.38. The molecule has 48 heavy (non-hydrogen) atoms. The molecule has 0 radical (unpaired) electrons. The number of H-pyrrole nitrogens is 1. The summed E-state index contributed by atoms with van der Waals surface area (Å²) in [6.45, 7) is 13.1. The first kappa shape index (κ1) is 38.4. The van der Waals surface area contributed by atoms with Gasteiger partial charge in [-0.15, -0.1) is 0 Å². The fourth-order valence-electron chi connectivity index (χ4n) is 6.04. The van der Waals surface area contributed by atoms with E-state index in [0.717, 1.165) is 32.1 Å². The quantitative estimate of drug-likeness (QED) is 0.154. The minimum absolute atomic E-state index is 0.0148. The van der Waals surface area contributed by atoms with Crippen molar-refractivity contribution in [3.8, 4) is 0 Å². The van der Waals surface area contributed by atoms with Gasteiger partial charge in [-0.05, 0) is 60.8 Å². The second-order valence-electron chi connectivity index (χ2n) is 15.4. The van der Waals surface area contributed by atoms with Gasteiger partial charge in [-0.1, -0.05) is 67.4 Å². The van der Waals surface area contributed by atoms with Crippen molar-refractivity contribution < 1.29 is 28.8 Å². The molecule has 3 rings (SSSR count). The van der Waals surface area contributed by atoms with Crippen LogP contribution in [0.1, 0.15) is 110 Å². The smallest absolute Gasteiger partial charge is 0.289 e. The van der Waals surface area contributed by atoms with Crippen LogP contribution in [0.25, 0.3) is 0 Å². The minimum Gasteiger partial charge on any atom is -0.354 e. The number of nitrogens with one attached hydrogen (secondary N) is 6. The van der Waals surface area contributed by atoms with Crippen LogP contribution in [0.15, 0.2) is 23.0 Å². The third kappa shape index (κ3) is 11.3. The van der Waals surface area contributed by atoms with E-state index in [1.54, 1.807) is 20.8 Å². The number of hydrogen-bond donors (Lipinski definition) is 6. The lowest BCUT2D eigenvalue weighted by atomic mass is 9.83. The number of aromatic amines is 1. The van der Waals surface area contributed by atoms with Gasteiger partial charge in [0.2, 0.25) is 29.1 Å². The third-order valence-electron chi connectivity index (χ3n) is 9.00. The second kappa shape index (κ2) is 16.4. The summed E-state index contributed by atoms with van der Waals surface area (Å²) in [4.78, 5) is 92.4. The molecular formula is C35H54N6O7. The average molecular weight is 671 g/mol. The zero-order valence-corrected chi connectivity index (χ0v) is 29.4. The van der Waals surface area contributed by atoms with Crippen molar-refractivity contribution in [2.24, 2.45) is 22.7 Å². The van der Waals surface area contributed by atoms with Gasteiger partial charge in [0.15, 0.2) is 0 Å². The Kier molecular flexibility index (Phi) is 13.1. The van der Waals surface area contributed by atoms with E-state index < -0.39 is 58.0 Å². The van der Waals surface area contributed by atoms with Gasteiger partial charge < -0.3 is 31.6 Å². The first-order valence-corrected chi connectivity index (χ1v) is 17.1. The van der Waals surface area contributed by atoms with E-state index in [-0.39, 0.29) is 41.8 Å². The molecule has 13 nitrogen and oxygen atoms in total. The highest BCUT2D eigenvalue weighted by Gasteiger charge is 2.40. The predicted octanol–water partition coefficient (Wildman–Crippen LogP) is 2.11. The summed E-state index contributed by atoms with van der Waals surface area (Å²) in [5.41, 5.74) is -1.84. The molecule has 0 saturated heterocycles. The number of amides is 5. The van der Waals surface area contributed by atoms with Crippen LogP contribution in [0.4, 0.5) is 0 Å². The van der Waals surface area contributed by atoms with Crippen molar-refractivity contribution in [3.63, 3.8) is 0 Å². The maximum absolute atomic E-state index is 13.6. The molecule has 2 saturated carbocycles. The van der Waals surface area contributed by atoms with Gasteiger partial charge in [-0.25, -0.2) is 0 Å². The molecule has 5 amide bonds. The number of Topliss-reactive ketones (excluding diaryl/α,β-unsaturated/α-hetero) is 1. The van der Waals surface area contributed by atoms with Crippen LogP contribution in [-0.4, -0.2) is 71.0 Å². The Bertz CT molecular complexity index is 1400. The number of rotatable bonds is 15. The number of pyridine rings is 1. The molecule has 0 spiro atoms. The Morgan fingerprint density at radius 1 is 0.833 bits per heavy atom. The van der Waals surface area contributed by atoms with E-state index in [1.807, 2.05) is 27.7 Å². The summed E-state index contributed by atoms with van der Waals surface area (Å²) >= 11 is 0. The maximum Gasteiger partial charge on any atom is 0.289 e. The third-order valence-corrected chi connectivity index (χ3v) is 9.00. The standard InChI is InChI=1S/C35H54N6O7/c1-8-11-23(27(44)31(46)37-22-16-17-22)38-26(43)18-20-12-9-13-21(20)19-36-32(47)28(34(2,3)4)41-33(48)29(35(5,6)7)40-30(45)24-14-10-15-25(42)39-24/h10,14-15,20-23,28-29H,8-9,11-13,16-19H2,1-7H3,(H,36,47)(H,37,46)(H,38,43)(H,39,42)(H,40,45)(H,41,48)/t20-,21+,23-,28-,29+/m1/s1. The highest BCUT2D eigenvalue weighted by atomic mass is 16.2. The fourth-order valence-corrected chi connectivity index (χ4v) is 6.04. The van der Waals surface area contributed by atoms with Crippen molar-refractivity contribution in [1.29, 1.82) is 0 Å². The molecule has 2 fully saturated rings. The molecule has 0 aliphatic heterocycles. The molecule has 2 aliphatic rings. The largest absolute Gasteiger partial charge is 0.354 e. The predicted molar refractivity (Wildman–Crippen MR) is 181 cm³/mol. The Labute approximate surface area is 282 Å². The molecular weight excluding hydrogens is 616 g/mol. The van der Waals surface area contributed by atoms with Crippen molar-refractivity contribution >= 4 is 35.3 Å². The van der Waals surface area contributed by atoms with Crippen molar-refractivity contribution in [1.82, 2.24) is 31.6 Å². The van der Waals surface area contributed by atoms with E-state index in [1.165, 1.54) is 18.2 Å². The summed E-state index contributed by atoms with van der Waals surface area (Å²) in [7, 11) is 0. The van der Waals surface area contributed by atoms with Crippen LogP contribution in [-0.2, 0) is 24.0 Å². The number of carbonyl (C=O) groups is 6. The molecule has 266 valence electrons. The van der Waals surface area contributed by atoms with Gasteiger partial charge in [-0.2, -0.15) is 0 Å². The molecule has 2 aliphatic carbocycles. The number of ketones is 1. The SMILES string of the molecule is CCC[C@@H](NC(=O)C[C@H]1CCC[C@H]1CNC(=O)[C@@H](NC(=O)[C@H](NC(=O)c1cccc(=O)[nH]1)C(C)(C)C)C(C)(C)C)C(=O)C(=O)NC1CC1. The molecule has 0 bridgehead atoms. The molecule has 1 heterocycles. The molecule has 0 unspecified atom stereocenters. The van der Waals surface area contributed by atoms with Crippen molar-refractivity contribution in [3.05, 3.63) is 34.2 Å². The minimum atomic E-state index is -1.02. The summed E-state index contributed by atoms with van der Waals surface area (Å²) in [6, 6.07) is 1.39. The summed E-state index contributed by atoms with van der Waals surface area (Å²) < 4.78 is 0. The van der Waals surface area contributed by atoms with Gasteiger partial charge >= 0.3 is 0 Å². The van der Waals surface area contributed by atoms with Crippen LogP contribution in [0.3, 0.4) is 0 Å². The summed E-state index contributed by atoms with van der Waals surface area (Å²) in [6.07, 6.45) is 5.40. The fraction of sp³-hybridized carbons (Fsp3) is 0.686. The average Bonchev–Trinajstić information content (AvgIpc) is 3.70. The van der Waals surface area contributed by atoms with E-state index in [0.29, 0.717) is 19.4 Å². The first-order valence-electron chi connectivity index (χ1n) is 17.1. The van der Waals surface area contributed by atoms with Crippen LogP contribution in [0.5, 0.6) is 0 Å². The van der Waals surface area contributed by atoms with Crippen molar-refractivity contribution in [2.45, 2.75) is 124 Å². The summed E-state index contributed by atoms with van der Waals surface area (Å²) in [5, 5.41) is 14.0. The van der Waals surface area contributed by atoms with Gasteiger partial charge in [-0.3, -0.25) is 33.6 Å². The second-order valence-corrected chi connectivity index (χ2v) is 15.4. The van der Waals surface area contributed by atoms with Crippen LogP contribution >= 0.6 is 0 Å². The Morgan fingerprint density at radius 2 is 1.46 bits per heavy atom. The van der Waals surface area contributed by atoms with Gasteiger partial charge in [0.1, 0.15) is 17.8 Å². The maximum atomic E-state index is 13.6. The van der Waals surface area contributed by atoms with E-state index >= 15 is 0 Å². The zero-order chi connectivity index (χ0) is 35.8. The van der Waals surface area contributed by atoms with Gasteiger partial charge in [0.25, 0.3) is 11.8 Å². The molecule has 1 aromatic rings. The number of aromatic nitrogens is 1. The van der Waals surface area contributed by atoms with Crippen LogP contribution < -0.4 is 32.1 Å². The van der Waals surface area contributed by atoms with Gasteiger partial charge in [0, 0.05) is 25.1 Å². The Hall–Kier alpha value is -4.03. The Morgan fingerprint density at radius 3 is 2.04 bits per heavy atom. The molecule has 13 heteroatoms. The number of carbonyl (C=O) groups excluding carboxylic acids is 6. The topological polar surface area (TPSA) is 195 Å².